The minimum absolute atomic E-state index is 0.00598. The summed E-state index contributed by atoms with van der Waals surface area (Å²) in [6.07, 6.45) is 2.95. The number of carbonyl (C=O) groups excluding carboxylic acids is 1. The Balaban J connectivity index is 1.50. The zero-order valence-electron chi connectivity index (χ0n) is 14.4. The van der Waals surface area contributed by atoms with E-state index in [9.17, 15) is 4.79 Å². The second-order valence-electron chi connectivity index (χ2n) is 6.64. The molecule has 0 aliphatic carbocycles. The zero-order valence-corrected chi connectivity index (χ0v) is 16.0. The van der Waals surface area contributed by atoms with Crippen molar-refractivity contribution in [3.8, 4) is 0 Å². The molecule has 1 spiro atoms. The molecule has 2 aromatic rings. The highest BCUT2D eigenvalue weighted by Crippen LogP contribution is 2.44. The summed E-state index contributed by atoms with van der Waals surface area (Å²) in [7, 11) is 0. The van der Waals surface area contributed by atoms with Crippen LogP contribution in [0.15, 0.2) is 17.0 Å². The first-order valence-corrected chi connectivity index (χ1v) is 10.6. The van der Waals surface area contributed by atoms with Crippen LogP contribution in [0.4, 0.5) is 0 Å². The van der Waals surface area contributed by atoms with Gasteiger partial charge >= 0.3 is 0 Å². The van der Waals surface area contributed by atoms with Crippen molar-refractivity contribution in [1.82, 2.24) is 15.2 Å². The summed E-state index contributed by atoms with van der Waals surface area (Å²) in [5, 5.41) is 4.95. The van der Waals surface area contributed by atoms with E-state index in [0.29, 0.717) is 6.54 Å². The molecule has 2 aliphatic heterocycles. The second-order valence-corrected chi connectivity index (χ2v) is 8.49. The van der Waals surface area contributed by atoms with Crippen LogP contribution in [-0.4, -0.2) is 42.0 Å². The van der Waals surface area contributed by atoms with Gasteiger partial charge in [-0.1, -0.05) is 6.92 Å². The van der Waals surface area contributed by atoms with Gasteiger partial charge in [-0.05, 0) is 31.0 Å². The molecule has 0 unspecified atom stereocenters. The van der Waals surface area contributed by atoms with Crippen molar-refractivity contribution in [2.24, 2.45) is 0 Å². The quantitative estimate of drug-likeness (QED) is 0.890. The van der Waals surface area contributed by atoms with Crippen LogP contribution in [0.2, 0.25) is 0 Å². The monoisotopic (exact) mass is 377 g/mol. The van der Waals surface area contributed by atoms with Crippen molar-refractivity contribution < 1.29 is 9.53 Å². The number of fused-ring (bicyclic) bond motifs is 2. The van der Waals surface area contributed by atoms with Crippen LogP contribution in [0, 0.1) is 0 Å². The molecule has 1 saturated heterocycles. The molecular formula is C18H23N3O2S2. The summed E-state index contributed by atoms with van der Waals surface area (Å²) < 4.78 is 6.28. The predicted molar refractivity (Wildman–Crippen MR) is 100 cm³/mol. The molecule has 4 heterocycles. The summed E-state index contributed by atoms with van der Waals surface area (Å²) in [5.74, 6) is -0.00598. The van der Waals surface area contributed by atoms with Gasteiger partial charge in [0.2, 0.25) is 0 Å². The fourth-order valence-corrected chi connectivity index (χ4v) is 5.46. The van der Waals surface area contributed by atoms with Gasteiger partial charge in [0.1, 0.15) is 0 Å². The Kier molecular flexibility index (Phi) is 4.90. The molecule has 0 aromatic carbocycles. The lowest BCUT2D eigenvalue weighted by molar-refractivity contribution is -0.0964. The molecule has 25 heavy (non-hydrogen) atoms. The smallest absolute Gasteiger partial charge is 0.261 e. The first-order valence-electron chi connectivity index (χ1n) is 8.85. The molecule has 1 N–H and O–H groups in total. The van der Waals surface area contributed by atoms with E-state index in [0.717, 1.165) is 56.1 Å². The molecule has 0 atom stereocenters. The van der Waals surface area contributed by atoms with E-state index in [1.165, 1.54) is 10.4 Å². The zero-order chi connectivity index (χ0) is 17.3. The fraction of sp³-hybridized carbons (Fsp3) is 0.556. The topological polar surface area (TPSA) is 54.5 Å². The number of thiazole rings is 1. The average molecular weight is 378 g/mol. The molecule has 2 aromatic heterocycles. The number of carbonyl (C=O) groups is 1. The van der Waals surface area contributed by atoms with Gasteiger partial charge in [-0.3, -0.25) is 4.79 Å². The Hall–Kier alpha value is -1.28. The molecule has 5 nitrogen and oxygen atoms in total. The maximum Gasteiger partial charge on any atom is 0.261 e. The maximum atomic E-state index is 12.6. The maximum absolute atomic E-state index is 12.6. The van der Waals surface area contributed by atoms with E-state index in [1.54, 1.807) is 28.2 Å². The van der Waals surface area contributed by atoms with Crippen molar-refractivity contribution >= 4 is 28.6 Å². The lowest BCUT2D eigenvalue weighted by Crippen LogP contribution is -2.46. The van der Waals surface area contributed by atoms with Gasteiger partial charge in [-0.25, -0.2) is 4.98 Å². The lowest BCUT2D eigenvalue weighted by atomic mass is 9.82. The third kappa shape index (κ3) is 3.38. The molecule has 2 aliphatic rings. The normalized spacial score (nSPS) is 19.7. The average Bonchev–Trinajstić information content (AvgIpc) is 3.31. The minimum Gasteiger partial charge on any atom is -0.370 e. The van der Waals surface area contributed by atoms with Crippen LogP contribution < -0.4 is 5.32 Å². The summed E-state index contributed by atoms with van der Waals surface area (Å²) in [6, 6.07) is 2.08. The van der Waals surface area contributed by atoms with E-state index in [1.807, 2.05) is 5.38 Å². The van der Waals surface area contributed by atoms with Crippen molar-refractivity contribution in [3.05, 3.63) is 38.0 Å². The Morgan fingerprint density at radius 2 is 2.28 bits per heavy atom. The number of likely N-dealkylation sites (tertiary alicyclic amines) is 1. The van der Waals surface area contributed by atoms with E-state index < -0.39 is 0 Å². The summed E-state index contributed by atoms with van der Waals surface area (Å²) in [5.41, 5.74) is 3.78. The van der Waals surface area contributed by atoms with Crippen molar-refractivity contribution in [2.45, 2.75) is 38.3 Å². The van der Waals surface area contributed by atoms with E-state index in [2.05, 4.69) is 28.2 Å². The standard InChI is InChI=1S/C18H23N3O2S2/c1-2-21-6-4-18(5-7-21)14-9-16(25-15(14)3-8-23-18)17(22)19-10-13-11-24-12-20-13/h9,11-12H,2-8,10H2,1H3,(H,19,22). The first kappa shape index (κ1) is 17.1. The van der Waals surface area contributed by atoms with Gasteiger partial charge in [-0.15, -0.1) is 22.7 Å². The number of nitrogens with zero attached hydrogens (tertiary/aromatic N) is 2. The molecule has 4 rings (SSSR count). The first-order chi connectivity index (χ1) is 12.2. The minimum atomic E-state index is -0.177. The highest BCUT2D eigenvalue weighted by Gasteiger charge is 2.42. The molecule has 7 heteroatoms. The van der Waals surface area contributed by atoms with Gasteiger partial charge in [0.05, 0.1) is 34.8 Å². The SMILES string of the molecule is CCN1CCC2(CC1)OCCc1sc(C(=O)NCc3cscn3)cc12. The third-order valence-corrected chi connectivity index (χ3v) is 7.08. The molecule has 134 valence electrons. The lowest BCUT2D eigenvalue weighted by Gasteiger charge is -2.43. The Morgan fingerprint density at radius 1 is 1.44 bits per heavy atom. The van der Waals surface area contributed by atoms with Crippen LogP contribution in [-0.2, 0) is 23.3 Å². The van der Waals surface area contributed by atoms with Crippen LogP contribution in [0.1, 0.15) is 45.6 Å². The van der Waals surface area contributed by atoms with Gasteiger partial charge in [0.15, 0.2) is 0 Å². The number of rotatable bonds is 4. The van der Waals surface area contributed by atoms with Crippen molar-refractivity contribution in [1.29, 1.82) is 0 Å². The molecule has 1 amide bonds. The summed E-state index contributed by atoms with van der Waals surface area (Å²) in [4.78, 5) is 21.4. The molecule has 0 saturated carbocycles. The van der Waals surface area contributed by atoms with Crippen LogP contribution in [0.3, 0.4) is 0 Å². The number of nitrogens with one attached hydrogen (secondary N) is 1. The van der Waals surface area contributed by atoms with E-state index in [-0.39, 0.29) is 11.5 Å². The highest BCUT2D eigenvalue weighted by atomic mass is 32.1. The van der Waals surface area contributed by atoms with Gasteiger partial charge in [0, 0.05) is 29.8 Å². The van der Waals surface area contributed by atoms with Gasteiger partial charge < -0.3 is 15.0 Å². The Labute approximate surface area is 156 Å². The molecular weight excluding hydrogens is 354 g/mol. The fourth-order valence-electron chi connectivity index (χ4n) is 3.76. The number of piperidine rings is 1. The van der Waals surface area contributed by atoms with Crippen LogP contribution in [0.5, 0.6) is 0 Å². The van der Waals surface area contributed by atoms with Crippen molar-refractivity contribution in [2.75, 3.05) is 26.2 Å². The number of hydrogen-bond acceptors (Lipinski definition) is 6. The Morgan fingerprint density at radius 3 is 3.00 bits per heavy atom. The van der Waals surface area contributed by atoms with Crippen LogP contribution in [0.25, 0.3) is 0 Å². The number of aromatic nitrogens is 1. The van der Waals surface area contributed by atoms with E-state index >= 15 is 0 Å². The molecule has 0 bridgehead atoms. The summed E-state index contributed by atoms with van der Waals surface area (Å²) in [6.45, 7) is 6.68. The predicted octanol–water partition coefficient (Wildman–Crippen LogP) is 3.02. The van der Waals surface area contributed by atoms with Crippen molar-refractivity contribution in [3.63, 3.8) is 0 Å². The number of amides is 1. The van der Waals surface area contributed by atoms with E-state index in [4.69, 9.17) is 4.74 Å². The van der Waals surface area contributed by atoms with Crippen LogP contribution >= 0.6 is 22.7 Å². The number of hydrogen-bond donors (Lipinski definition) is 1. The highest BCUT2D eigenvalue weighted by molar-refractivity contribution is 7.14. The Bertz CT molecular complexity index is 734. The molecule has 0 radical (unpaired) electrons. The number of ether oxygens (including phenoxy) is 1. The second kappa shape index (κ2) is 7.15. The molecule has 1 fully saturated rings. The van der Waals surface area contributed by atoms with Gasteiger partial charge in [-0.2, -0.15) is 0 Å². The number of thiophene rings is 1. The summed E-state index contributed by atoms with van der Waals surface area (Å²) >= 11 is 3.18. The van der Waals surface area contributed by atoms with Gasteiger partial charge in [0.25, 0.3) is 5.91 Å². The largest absolute Gasteiger partial charge is 0.370 e. The third-order valence-electron chi connectivity index (χ3n) is 5.26.